The quantitative estimate of drug-likeness (QED) is 0.741. The summed E-state index contributed by atoms with van der Waals surface area (Å²) in [6, 6.07) is 17.7. The first-order chi connectivity index (χ1) is 11.6. The Labute approximate surface area is 139 Å². The fraction of sp³-hybridized carbons (Fsp3) is 0.222. The summed E-state index contributed by atoms with van der Waals surface area (Å²) in [6.45, 7) is -0.134. The highest BCUT2D eigenvalue weighted by Crippen LogP contribution is 2.07. The second-order valence-electron chi connectivity index (χ2n) is 5.08. The maximum Gasteiger partial charge on any atom is 0.338 e. The SMILES string of the molecule is O=C(OCc1ccccc1)C(O)C(O)C(=O)OCc1ccccc1. The third kappa shape index (κ3) is 5.19. The fourth-order valence-corrected chi connectivity index (χ4v) is 1.89. The molecule has 2 atom stereocenters. The average Bonchev–Trinajstić information content (AvgIpc) is 2.64. The van der Waals surface area contributed by atoms with Gasteiger partial charge in [0.2, 0.25) is 0 Å². The summed E-state index contributed by atoms with van der Waals surface area (Å²) in [5, 5.41) is 19.4. The minimum Gasteiger partial charge on any atom is -0.459 e. The first kappa shape index (κ1) is 17.7. The van der Waals surface area contributed by atoms with Crippen molar-refractivity contribution in [2.24, 2.45) is 0 Å². The summed E-state index contributed by atoms with van der Waals surface area (Å²) in [6.07, 6.45) is -4.01. The molecule has 2 rings (SSSR count). The predicted molar refractivity (Wildman–Crippen MR) is 84.5 cm³/mol. The highest BCUT2D eigenvalue weighted by Gasteiger charge is 2.32. The summed E-state index contributed by atoms with van der Waals surface area (Å²) in [7, 11) is 0. The number of rotatable bonds is 7. The summed E-state index contributed by atoms with van der Waals surface area (Å²) in [5.74, 6) is -2.19. The first-order valence-electron chi connectivity index (χ1n) is 7.35. The molecule has 2 unspecified atom stereocenters. The molecule has 0 fully saturated rings. The van der Waals surface area contributed by atoms with E-state index in [1.54, 1.807) is 48.5 Å². The molecule has 2 N–H and O–H groups in total. The van der Waals surface area contributed by atoms with Crippen molar-refractivity contribution in [3.05, 3.63) is 71.8 Å². The Hall–Kier alpha value is -2.70. The van der Waals surface area contributed by atoms with Crippen molar-refractivity contribution in [1.82, 2.24) is 0 Å². The van der Waals surface area contributed by atoms with Crippen LogP contribution < -0.4 is 0 Å². The van der Waals surface area contributed by atoms with Crippen LogP contribution in [0.2, 0.25) is 0 Å². The highest BCUT2D eigenvalue weighted by atomic mass is 16.6. The van der Waals surface area contributed by atoms with E-state index in [4.69, 9.17) is 9.47 Å². The van der Waals surface area contributed by atoms with Crippen molar-refractivity contribution in [1.29, 1.82) is 0 Å². The van der Waals surface area contributed by atoms with Gasteiger partial charge in [0.25, 0.3) is 0 Å². The van der Waals surface area contributed by atoms with Gasteiger partial charge in [-0.2, -0.15) is 0 Å². The molecule has 24 heavy (non-hydrogen) atoms. The van der Waals surface area contributed by atoms with Gasteiger partial charge in [-0.3, -0.25) is 0 Å². The van der Waals surface area contributed by atoms with Gasteiger partial charge in [0.1, 0.15) is 13.2 Å². The summed E-state index contributed by atoms with van der Waals surface area (Å²) >= 11 is 0. The van der Waals surface area contributed by atoms with E-state index in [-0.39, 0.29) is 13.2 Å². The summed E-state index contributed by atoms with van der Waals surface area (Å²) < 4.78 is 9.73. The van der Waals surface area contributed by atoms with Gasteiger partial charge in [-0.15, -0.1) is 0 Å². The molecule has 0 aliphatic heterocycles. The van der Waals surface area contributed by atoms with E-state index in [9.17, 15) is 19.8 Å². The van der Waals surface area contributed by atoms with Crippen LogP contribution >= 0.6 is 0 Å². The maximum atomic E-state index is 11.7. The van der Waals surface area contributed by atoms with Crippen molar-refractivity contribution in [2.75, 3.05) is 0 Å². The van der Waals surface area contributed by atoms with Crippen LogP contribution in [-0.2, 0) is 32.3 Å². The van der Waals surface area contributed by atoms with Crippen LogP contribution in [0.5, 0.6) is 0 Å². The Kier molecular flexibility index (Phi) is 6.48. The fourth-order valence-electron chi connectivity index (χ4n) is 1.89. The van der Waals surface area contributed by atoms with E-state index < -0.39 is 24.1 Å². The molecule has 0 spiro atoms. The number of carbonyl (C=O) groups is 2. The molecule has 0 radical (unpaired) electrons. The molecule has 0 heterocycles. The average molecular weight is 330 g/mol. The van der Waals surface area contributed by atoms with Gasteiger partial charge in [0.05, 0.1) is 0 Å². The number of hydrogen-bond donors (Lipinski definition) is 2. The number of carbonyl (C=O) groups excluding carboxylic acids is 2. The monoisotopic (exact) mass is 330 g/mol. The second kappa shape index (κ2) is 8.81. The van der Waals surface area contributed by atoms with Gasteiger partial charge in [0.15, 0.2) is 12.2 Å². The van der Waals surface area contributed by atoms with E-state index in [1.807, 2.05) is 12.1 Å². The van der Waals surface area contributed by atoms with Gasteiger partial charge < -0.3 is 19.7 Å². The topological polar surface area (TPSA) is 93.1 Å². The van der Waals surface area contributed by atoms with Crippen molar-refractivity contribution in [2.45, 2.75) is 25.4 Å². The van der Waals surface area contributed by atoms with Gasteiger partial charge in [-0.1, -0.05) is 60.7 Å². The lowest BCUT2D eigenvalue weighted by molar-refractivity contribution is -0.174. The van der Waals surface area contributed by atoms with E-state index in [0.717, 1.165) is 11.1 Å². The molecule has 6 nitrogen and oxygen atoms in total. The molecule has 0 saturated heterocycles. The van der Waals surface area contributed by atoms with Gasteiger partial charge in [0, 0.05) is 0 Å². The molecule has 0 saturated carbocycles. The molecular weight excluding hydrogens is 312 g/mol. The van der Waals surface area contributed by atoms with Crippen LogP contribution in [0.1, 0.15) is 11.1 Å². The second-order valence-corrected chi connectivity index (χ2v) is 5.08. The Morgan fingerprint density at radius 3 is 1.38 bits per heavy atom. The van der Waals surface area contributed by atoms with Crippen LogP contribution in [0.25, 0.3) is 0 Å². The van der Waals surface area contributed by atoms with Crippen molar-refractivity contribution >= 4 is 11.9 Å². The maximum absolute atomic E-state index is 11.7. The number of esters is 2. The first-order valence-corrected chi connectivity index (χ1v) is 7.35. The predicted octanol–water partition coefficient (Wildman–Crippen LogP) is 1.19. The van der Waals surface area contributed by atoms with Crippen molar-refractivity contribution in [3.63, 3.8) is 0 Å². The van der Waals surface area contributed by atoms with Crippen molar-refractivity contribution < 1.29 is 29.3 Å². The van der Waals surface area contributed by atoms with Crippen molar-refractivity contribution in [3.8, 4) is 0 Å². The van der Waals surface area contributed by atoms with Crippen LogP contribution in [0, 0.1) is 0 Å². The van der Waals surface area contributed by atoms with Gasteiger partial charge in [-0.25, -0.2) is 9.59 Å². The minimum atomic E-state index is -2.00. The molecule has 0 aliphatic rings. The standard InChI is InChI=1S/C18H18O6/c19-15(17(21)23-11-13-7-3-1-4-8-13)16(20)18(22)24-12-14-9-5-2-6-10-14/h1-10,15-16,19-20H,11-12H2. The number of hydrogen-bond acceptors (Lipinski definition) is 6. The van der Waals surface area contributed by atoms with E-state index in [2.05, 4.69) is 0 Å². The Balaban J connectivity index is 1.80. The lowest BCUT2D eigenvalue weighted by Gasteiger charge is -2.16. The number of aliphatic hydroxyl groups excluding tert-OH is 2. The minimum absolute atomic E-state index is 0.0669. The third-order valence-corrected chi connectivity index (χ3v) is 3.23. The smallest absolute Gasteiger partial charge is 0.338 e. The normalized spacial score (nSPS) is 12.9. The zero-order valence-corrected chi connectivity index (χ0v) is 12.9. The molecule has 0 aliphatic carbocycles. The molecule has 0 amide bonds. The van der Waals surface area contributed by atoms with E-state index in [0.29, 0.717) is 0 Å². The van der Waals surface area contributed by atoms with Crippen LogP contribution in [0.3, 0.4) is 0 Å². The molecule has 126 valence electrons. The Morgan fingerprint density at radius 1 is 0.708 bits per heavy atom. The Morgan fingerprint density at radius 2 is 1.04 bits per heavy atom. The lowest BCUT2D eigenvalue weighted by atomic mass is 10.2. The molecule has 2 aromatic rings. The van der Waals surface area contributed by atoms with Gasteiger partial charge in [-0.05, 0) is 11.1 Å². The van der Waals surface area contributed by atoms with Crippen LogP contribution in [-0.4, -0.2) is 34.4 Å². The molecule has 0 bridgehead atoms. The van der Waals surface area contributed by atoms with Crippen LogP contribution in [0.4, 0.5) is 0 Å². The summed E-state index contributed by atoms with van der Waals surface area (Å²) in [5.41, 5.74) is 1.44. The van der Waals surface area contributed by atoms with Crippen LogP contribution in [0.15, 0.2) is 60.7 Å². The van der Waals surface area contributed by atoms with E-state index >= 15 is 0 Å². The number of aliphatic hydroxyl groups is 2. The zero-order chi connectivity index (χ0) is 17.4. The third-order valence-electron chi connectivity index (χ3n) is 3.23. The van der Waals surface area contributed by atoms with Gasteiger partial charge >= 0.3 is 11.9 Å². The zero-order valence-electron chi connectivity index (χ0n) is 12.9. The highest BCUT2D eigenvalue weighted by molar-refractivity contribution is 5.85. The molecule has 6 heteroatoms. The lowest BCUT2D eigenvalue weighted by Crippen LogP contribution is -2.41. The molecular formula is C18H18O6. The number of benzene rings is 2. The Bertz CT molecular complexity index is 596. The number of ether oxygens (including phenoxy) is 2. The summed E-state index contributed by atoms with van der Waals surface area (Å²) in [4.78, 5) is 23.4. The molecule has 2 aromatic carbocycles. The largest absolute Gasteiger partial charge is 0.459 e. The van der Waals surface area contributed by atoms with E-state index in [1.165, 1.54) is 0 Å². The molecule has 0 aromatic heterocycles.